The van der Waals surface area contributed by atoms with Crippen molar-refractivity contribution in [2.45, 2.75) is 32.2 Å². The predicted molar refractivity (Wildman–Crippen MR) is 155 cm³/mol. The van der Waals surface area contributed by atoms with Gasteiger partial charge in [0.1, 0.15) is 11.6 Å². The number of likely N-dealkylation sites (tertiary alicyclic amines) is 1. The molecule has 1 unspecified atom stereocenters. The Balaban J connectivity index is 1.30. The third kappa shape index (κ3) is 6.12. The van der Waals surface area contributed by atoms with E-state index < -0.39 is 0 Å². The normalized spacial score (nSPS) is 14.4. The standard InChI is InChI=1S/C29H35N6OP/c1-21(13-16-34-14-6-3-7-15-34)32-23-10-8-9-22(17-23)19-30-28-18-25(24-11-4-5-12-26(24)36)33-29-27(37-2)20-31-35(28)29/h4-5,8-12,17-18,20,30,32,36-37H,1,3,6-7,13-16,19H2,2H3. The highest BCUT2D eigenvalue weighted by atomic mass is 31.1. The Kier molecular flexibility index (Phi) is 8.02. The number of aromatic nitrogens is 3. The highest BCUT2D eigenvalue weighted by Crippen LogP contribution is 2.30. The van der Waals surface area contributed by atoms with Gasteiger partial charge in [0.2, 0.25) is 0 Å². The molecule has 2 aromatic carbocycles. The summed E-state index contributed by atoms with van der Waals surface area (Å²) in [6.07, 6.45) is 6.81. The molecule has 192 valence electrons. The fraction of sp³-hybridized carbons (Fsp3) is 0.310. The fourth-order valence-electron chi connectivity index (χ4n) is 4.79. The molecular weight excluding hydrogens is 479 g/mol. The first kappa shape index (κ1) is 25.2. The van der Waals surface area contributed by atoms with Crippen molar-refractivity contribution in [3.63, 3.8) is 0 Å². The Morgan fingerprint density at radius 3 is 2.73 bits per heavy atom. The monoisotopic (exact) mass is 514 g/mol. The lowest BCUT2D eigenvalue weighted by atomic mass is 10.1. The van der Waals surface area contributed by atoms with Crippen LogP contribution in [0.25, 0.3) is 16.9 Å². The number of nitrogens with one attached hydrogen (secondary N) is 2. The smallest absolute Gasteiger partial charge is 0.165 e. The Morgan fingerprint density at radius 1 is 1.08 bits per heavy atom. The van der Waals surface area contributed by atoms with Gasteiger partial charge in [0.15, 0.2) is 5.65 Å². The molecule has 3 heterocycles. The largest absolute Gasteiger partial charge is 0.507 e. The number of phenols is 1. The lowest BCUT2D eigenvalue weighted by molar-refractivity contribution is 0.231. The minimum Gasteiger partial charge on any atom is -0.507 e. The number of hydrogen-bond donors (Lipinski definition) is 3. The Bertz CT molecular complexity index is 1380. The van der Waals surface area contributed by atoms with Crippen LogP contribution in [0.4, 0.5) is 11.5 Å². The molecule has 0 spiro atoms. The minimum atomic E-state index is 0.213. The molecule has 1 saturated heterocycles. The molecule has 1 aliphatic heterocycles. The van der Waals surface area contributed by atoms with Crippen molar-refractivity contribution >= 4 is 31.0 Å². The third-order valence-electron chi connectivity index (χ3n) is 6.82. The number of para-hydroxylation sites is 1. The molecule has 8 heteroatoms. The summed E-state index contributed by atoms with van der Waals surface area (Å²) in [5.74, 6) is 1.04. The Labute approximate surface area is 220 Å². The predicted octanol–water partition coefficient (Wildman–Crippen LogP) is 5.45. The van der Waals surface area contributed by atoms with Gasteiger partial charge < -0.3 is 20.6 Å². The molecule has 0 bridgehead atoms. The third-order valence-corrected chi connectivity index (χ3v) is 7.71. The number of rotatable bonds is 10. The Morgan fingerprint density at radius 2 is 1.92 bits per heavy atom. The molecule has 1 aliphatic rings. The average Bonchev–Trinajstić information content (AvgIpc) is 3.35. The molecule has 1 atom stereocenters. The lowest BCUT2D eigenvalue weighted by Gasteiger charge is -2.26. The minimum absolute atomic E-state index is 0.213. The number of phenolic OH excluding ortho intramolecular Hbond substituents is 1. The molecule has 0 aliphatic carbocycles. The van der Waals surface area contributed by atoms with Gasteiger partial charge in [-0.1, -0.05) is 45.8 Å². The van der Waals surface area contributed by atoms with Crippen molar-refractivity contribution in [2.24, 2.45) is 0 Å². The number of piperidine rings is 1. The van der Waals surface area contributed by atoms with E-state index in [4.69, 9.17) is 4.98 Å². The molecule has 37 heavy (non-hydrogen) atoms. The van der Waals surface area contributed by atoms with Crippen LogP contribution in [0, 0.1) is 0 Å². The Hall–Kier alpha value is -3.41. The van der Waals surface area contributed by atoms with Gasteiger partial charge in [0.05, 0.1) is 11.9 Å². The van der Waals surface area contributed by atoms with Gasteiger partial charge in [-0.25, -0.2) is 4.98 Å². The van der Waals surface area contributed by atoms with Crippen LogP contribution in [0.5, 0.6) is 5.75 Å². The zero-order valence-electron chi connectivity index (χ0n) is 21.4. The summed E-state index contributed by atoms with van der Waals surface area (Å²) >= 11 is 0. The van der Waals surface area contributed by atoms with Crippen LogP contribution >= 0.6 is 8.58 Å². The van der Waals surface area contributed by atoms with E-state index in [1.54, 1.807) is 6.07 Å². The van der Waals surface area contributed by atoms with Crippen molar-refractivity contribution in [2.75, 3.05) is 36.9 Å². The topological polar surface area (TPSA) is 77.7 Å². The molecule has 1 fully saturated rings. The second-order valence-electron chi connectivity index (χ2n) is 9.52. The molecule has 0 amide bonds. The summed E-state index contributed by atoms with van der Waals surface area (Å²) in [6.45, 7) is 10.5. The summed E-state index contributed by atoms with van der Waals surface area (Å²) in [6, 6.07) is 17.7. The van der Waals surface area contributed by atoms with Gasteiger partial charge in [-0.2, -0.15) is 9.61 Å². The van der Waals surface area contributed by atoms with E-state index in [-0.39, 0.29) is 5.75 Å². The van der Waals surface area contributed by atoms with Crippen molar-refractivity contribution in [3.05, 3.63) is 78.6 Å². The number of nitrogens with zero attached hydrogens (tertiary/aromatic N) is 4. The zero-order valence-corrected chi connectivity index (χ0v) is 22.4. The quantitative estimate of drug-likeness (QED) is 0.244. The summed E-state index contributed by atoms with van der Waals surface area (Å²) in [4.78, 5) is 7.37. The van der Waals surface area contributed by atoms with E-state index >= 15 is 0 Å². The van der Waals surface area contributed by atoms with Crippen molar-refractivity contribution in [1.29, 1.82) is 0 Å². The first-order valence-corrected chi connectivity index (χ1v) is 14.5. The molecule has 5 rings (SSSR count). The van der Waals surface area contributed by atoms with E-state index in [0.717, 1.165) is 46.7 Å². The number of benzene rings is 2. The molecule has 0 radical (unpaired) electrons. The molecular formula is C29H35N6OP. The van der Waals surface area contributed by atoms with Crippen LogP contribution in [0.15, 0.2) is 73.1 Å². The maximum atomic E-state index is 10.4. The first-order chi connectivity index (χ1) is 18.1. The highest BCUT2D eigenvalue weighted by Gasteiger charge is 2.14. The number of hydrogen-bond acceptors (Lipinski definition) is 6. The number of aromatic hydroxyl groups is 1. The van der Waals surface area contributed by atoms with Gasteiger partial charge in [0.25, 0.3) is 0 Å². The molecule has 3 N–H and O–H groups in total. The van der Waals surface area contributed by atoms with E-state index in [1.807, 2.05) is 35.0 Å². The van der Waals surface area contributed by atoms with Crippen LogP contribution in [-0.4, -0.2) is 50.9 Å². The van der Waals surface area contributed by atoms with Gasteiger partial charge in [-0.3, -0.25) is 0 Å². The second-order valence-corrected chi connectivity index (χ2v) is 10.6. The summed E-state index contributed by atoms with van der Waals surface area (Å²) in [7, 11) is 0.572. The van der Waals surface area contributed by atoms with Crippen molar-refractivity contribution in [1.82, 2.24) is 19.5 Å². The van der Waals surface area contributed by atoms with Crippen LogP contribution < -0.4 is 15.9 Å². The molecule has 4 aromatic rings. The highest BCUT2D eigenvalue weighted by molar-refractivity contribution is 7.46. The first-order valence-electron chi connectivity index (χ1n) is 13.0. The molecule has 2 aromatic heterocycles. The summed E-state index contributed by atoms with van der Waals surface area (Å²) < 4.78 is 1.85. The van der Waals surface area contributed by atoms with E-state index in [9.17, 15) is 5.11 Å². The lowest BCUT2D eigenvalue weighted by Crippen LogP contribution is -2.31. The van der Waals surface area contributed by atoms with E-state index in [0.29, 0.717) is 26.4 Å². The summed E-state index contributed by atoms with van der Waals surface area (Å²) in [5.41, 5.74) is 5.47. The van der Waals surface area contributed by atoms with Crippen molar-refractivity contribution in [3.8, 4) is 17.0 Å². The number of anilines is 2. The van der Waals surface area contributed by atoms with Gasteiger partial charge >= 0.3 is 0 Å². The van der Waals surface area contributed by atoms with Gasteiger partial charge in [0, 0.05) is 41.4 Å². The van der Waals surface area contributed by atoms with Crippen LogP contribution in [0.3, 0.4) is 0 Å². The maximum Gasteiger partial charge on any atom is 0.165 e. The zero-order chi connectivity index (χ0) is 25.6. The van der Waals surface area contributed by atoms with E-state index in [1.165, 1.54) is 32.4 Å². The van der Waals surface area contributed by atoms with Gasteiger partial charge in [-0.05, 0) is 68.8 Å². The molecule has 0 saturated carbocycles. The van der Waals surface area contributed by atoms with Gasteiger partial charge in [-0.15, -0.1) is 0 Å². The van der Waals surface area contributed by atoms with Crippen molar-refractivity contribution < 1.29 is 5.11 Å². The van der Waals surface area contributed by atoms with Crippen LogP contribution in [0.1, 0.15) is 31.2 Å². The van der Waals surface area contributed by atoms with Crippen LogP contribution in [0.2, 0.25) is 0 Å². The number of fused-ring (bicyclic) bond motifs is 1. The van der Waals surface area contributed by atoms with E-state index in [2.05, 4.69) is 58.1 Å². The average molecular weight is 515 g/mol. The van der Waals surface area contributed by atoms with Crippen LogP contribution in [-0.2, 0) is 6.54 Å². The SMILES string of the molecule is C=C(CCN1CCCCC1)Nc1cccc(CNc2cc(-c3ccccc3O)nc3c(PC)cnn23)c1. The maximum absolute atomic E-state index is 10.4. The summed E-state index contributed by atoms with van der Waals surface area (Å²) in [5, 5.41) is 23.1. The second kappa shape index (κ2) is 11.8. The molecule has 7 nitrogen and oxygen atoms in total. The fourth-order valence-corrected chi connectivity index (χ4v) is 5.36.